The van der Waals surface area contributed by atoms with Crippen molar-refractivity contribution in [1.29, 1.82) is 0 Å². The van der Waals surface area contributed by atoms with E-state index in [1.807, 2.05) is 6.20 Å². The molecule has 1 N–H and O–H groups in total. The van der Waals surface area contributed by atoms with E-state index in [-0.39, 0.29) is 0 Å². The number of hydrogen-bond acceptors (Lipinski definition) is 3. The van der Waals surface area contributed by atoms with Crippen LogP contribution in [0.5, 0.6) is 0 Å². The van der Waals surface area contributed by atoms with Crippen molar-refractivity contribution < 1.29 is 0 Å². The first-order chi connectivity index (χ1) is 6.93. The molecule has 0 amide bonds. The van der Waals surface area contributed by atoms with Crippen molar-refractivity contribution in [2.45, 2.75) is 0 Å². The van der Waals surface area contributed by atoms with E-state index >= 15 is 0 Å². The number of thiophene rings is 1. The number of H-pyrrole nitrogens is 1. The Morgan fingerprint density at radius 3 is 3.07 bits per heavy atom. The van der Waals surface area contributed by atoms with Crippen molar-refractivity contribution in [2.24, 2.45) is 0 Å². The molecule has 0 atom stereocenters. The van der Waals surface area contributed by atoms with E-state index in [9.17, 15) is 0 Å². The van der Waals surface area contributed by atoms with Gasteiger partial charge in [-0.05, 0) is 28.5 Å². The number of aromatic nitrogens is 3. The molecule has 0 aliphatic heterocycles. The molecule has 0 spiro atoms. The quantitative estimate of drug-likeness (QED) is 0.657. The molecule has 0 fully saturated rings. The van der Waals surface area contributed by atoms with Crippen LogP contribution >= 0.6 is 11.3 Å². The Labute approximate surface area is 84.4 Å². The zero-order valence-electron chi connectivity index (χ0n) is 7.27. The number of nitrogens with zero attached hydrogens (tertiary/aromatic N) is 2. The van der Waals surface area contributed by atoms with Gasteiger partial charge in [-0.1, -0.05) is 0 Å². The first-order valence-corrected chi connectivity index (χ1v) is 5.19. The normalized spacial score (nSPS) is 10.9. The standard InChI is InChI=1S/C10H7N3S/c1-2-14-6-7(1)8-3-9-5-12-13-10(9)11-4-8/h1-6H,(H,11,12,13). The van der Waals surface area contributed by atoms with Gasteiger partial charge in [0.1, 0.15) is 0 Å². The molecule has 3 aromatic heterocycles. The third-order valence-corrected chi connectivity index (χ3v) is 2.83. The summed E-state index contributed by atoms with van der Waals surface area (Å²) in [5.74, 6) is 0. The van der Waals surface area contributed by atoms with Gasteiger partial charge in [0, 0.05) is 17.1 Å². The van der Waals surface area contributed by atoms with Crippen molar-refractivity contribution in [3.05, 3.63) is 35.3 Å². The lowest BCUT2D eigenvalue weighted by Crippen LogP contribution is -1.78. The van der Waals surface area contributed by atoms with Crippen molar-refractivity contribution in [3.63, 3.8) is 0 Å². The van der Waals surface area contributed by atoms with E-state index < -0.39 is 0 Å². The highest BCUT2D eigenvalue weighted by Crippen LogP contribution is 2.23. The minimum absolute atomic E-state index is 0.837. The number of nitrogens with one attached hydrogen (secondary N) is 1. The highest BCUT2D eigenvalue weighted by atomic mass is 32.1. The summed E-state index contributed by atoms with van der Waals surface area (Å²) >= 11 is 1.69. The summed E-state index contributed by atoms with van der Waals surface area (Å²) in [6.07, 6.45) is 3.65. The SMILES string of the molecule is c1cc(-c2cnc3[nH]ncc3c2)cs1. The number of aromatic amines is 1. The summed E-state index contributed by atoms with van der Waals surface area (Å²) in [5, 5.41) is 12.0. The first-order valence-electron chi connectivity index (χ1n) is 4.25. The molecule has 3 nitrogen and oxygen atoms in total. The Bertz CT molecular complexity index is 554. The fourth-order valence-corrected chi connectivity index (χ4v) is 2.09. The second-order valence-electron chi connectivity index (χ2n) is 3.04. The van der Waals surface area contributed by atoms with Gasteiger partial charge in [0.05, 0.1) is 6.20 Å². The van der Waals surface area contributed by atoms with Gasteiger partial charge in [-0.25, -0.2) is 4.98 Å². The molecule has 14 heavy (non-hydrogen) atoms. The van der Waals surface area contributed by atoms with Crippen LogP contribution in [-0.4, -0.2) is 15.2 Å². The average molecular weight is 201 g/mol. The lowest BCUT2D eigenvalue weighted by molar-refractivity contribution is 1.10. The smallest absolute Gasteiger partial charge is 0.155 e. The highest BCUT2D eigenvalue weighted by Gasteiger charge is 2.01. The van der Waals surface area contributed by atoms with Gasteiger partial charge in [0.15, 0.2) is 5.65 Å². The molecule has 0 aromatic carbocycles. The monoisotopic (exact) mass is 201 g/mol. The van der Waals surface area contributed by atoms with Crippen molar-refractivity contribution in [2.75, 3.05) is 0 Å². The van der Waals surface area contributed by atoms with Crippen LogP contribution in [0.1, 0.15) is 0 Å². The van der Waals surface area contributed by atoms with Gasteiger partial charge < -0.3 is 0 Å². The van der Waals surface area contributed by atoms with Crippen LogP contribution in [0.4, 0.5) is 0 Å². The average Bonchev–Trinajstić information content (AvgIpc) is 2.88. The van der Waals surface area contributed by atoms with Crippen LogP contribution < -0.4 is 0 Å². The summed E-state index contributed by atoms with van der Waals surface area (Å²) in [4.78, 5) is 4.28. The lowest BCUT2D eigenvalue weighted by atomic mass is 10.1. The van der Waals surface area contributed by atoms with Gasteiger partial charge >= 0.3 is 0 Å². The molecule has 3 aromatic rings. The van der Waals surface area contributed by atoms with E-state index in [2.05, 4.69) is 38.1 Å². The third kappa shape index (κ3) is 1.12. The Morgan fingerprint density at radius 1 is 1.21 bits per heavy atom. The van der Waals surface area contributed by atoms with E-state index in [1.54, 1.807) is 17.5 Å². The molecule has 0 unspecified atom stereocenters. The van der Waals surface area contributed by atoms with E-state index in [1.165, 1.54) is 5.56 Å². The predicted molar refractivity (Wildman–Crippen MR) is 57.2 cm³/mol. The largest absolute Gasteiger partial charge is 0.261 e. The summed E-state index contributed by atoms with van der Waals surface area (Å²) in [5.41, 5.74) is 3.19. The molecular formula is C10H7N3S. The van der Waals surface area contributed by atoms with Crippen LogP contribution in [-0.2, 0) is 0 Å². The number of hydrogen-bond donors (Lipinski definition) is 1. The number of rotatable bonds is 1. The van der Waals surface area contributed by atoms with Crippen molar-refractivity contribution >= 4 is 22.4 Å². The van der Waals surface area contributed by atoms with Crippen LogP contribution in [0.3, 0.4) is 0 Å². The topological polar surface area (TPSA) is 41.6 Å². The van der Waals surface area contributed by atoms with Gasteiger partial charge in [-0.15, -0.1) is 0 Å². The Kier molecular flexibility index (Phi) is 1.61. The zero-order chi connectivity index (χ0) is 9.38. The Morgan fingerprint density at radius 2 is 2.21 bits per heavy atom. The van der Waals surface area contributed by atoms with Gasteiger partial charge in [-0.3, -0.25) is 5.10 Å². The molecule has 0 aliphatic rings. The Balaban J connectivity index is 2.23. The Hall–Kier alpha value is -1.68. The van der Waals surface area contributed by atoms with E-state index in [0.29, 0.717) is 0 Å². The maximum atomic E-state index is 4.28. The minimum Gasteiger partial charge on any atom is -0.261 e. The second kappa shape index (κ2) is 2.92. The molecule has 0 saturated heterocycles. The molecule has 0 bridgehead atoms. The van der Waals surface area contributed by atoms with Gasteiger partial charge in [0.25, 0.3) is 0 Å². The fourth-order valence-electron chi connectivity index (χ4n) is 1.42. The zero-order valence-corrected chi connectivity index (χ0v) is 8.08. The molecule has 68 valence electrons. The predicted octanol–water partition coefficient (Wildman–Crippen LogP) is 2.69. The number of pyridine rings is 1. The summed E-state index contributed by atoms with van der Waals surface area (Å²) < 4.78 is 0. The molecular weight excluding hydrogens is 194 g/mol. The van der Waals surface area contributed by atoms with Crippen LogP contribution in [0.25, 0.3) is 22.2 Å². The number of fused-ring (bicyclic) bond motifs is 1. The minimum atomic E-state index is 0.837. The summed E-state index contributed by atoms with van der Waals surface area (Å²) in [6, 6.07) is 4.18. The van der Waals surface area contributed by atoms with E-state index in [4.69, 9.17) is 0 Å². The first kappa shape index (κ1) is 7.70. The molecule has 3 rings (SSSR count). The highest BCUT2D eigenvalue weighted by molar-refractivity contribution is 7.08. The summed E-state index contributed by atoms with van der Waals surface area (Å²) in [6.45, 7) is 0. The van der Waals surface area contributed by atoms with Crippen molar-refractivity contribution in [1.82, 2.24) is 15.2 Å². The molecule has 3 heterocycles. The molecule has 0 aliphatic carbocycles. The van der Waals surface area contributed by atoms with Gasteiger partial charge in [-0.2, -0.15) is 16.4 Å². The third-order valence-electron chi connectivity index (χ3n) is 2.15. The van der Waals surface area contributed by atoms with Gasteiger partial charge in [0.2, 0.25) is 0 Å². The second-order valence-corrected chi connectivity index (χ2v) is 3.82. The van der Waals surface area contributed by atoms with Crippen molar-refractivity contribution in [3.8, 4) is 11.1 Å². The van der Waals surface area contributed by atoms with E-state index in [0.717, 1.165) is 16.6 Å². The molecule has 4 heteroatoms. The van der Waals surface area contributed by atoms with Crippen LogP contribution in [0, 0.1) is 0 Å². The molecule has 0 radical (unpaired) electrons. The fraction of sp³-hybridized carbons (Fsp3) is 0. The molecule has 0 saturated carbocycles. The van der Waals surface area contributed by atoms with Crippen LogP contribution in [0.15, 0.2) is 35.3 Å². The maximum absolute atomic E-state index is 4.28. The maximum Gasteiger partial charge on any atom is 0.155 e. The summed E-state index contributed by atoms with van der Waals surface area (Å²) in [7, 11) is 0. The lowest BCUT2D eigenvalue weighted by Gasteiger charge is -1.95. The van der Waals surface area contributed by atoms with Crippen LogP contribution in [0.2, 0.25) is 0 Å².